The van der Waals surface area contributed by atoms with Gasteiger partial charge in [0.15, 0.2) is 31.6 Å². The summed E-state index contributed by atoms with van der Waals surface area (Å²) >= 11 is 0. The summed E-state index contributed by atoms with van der Waals surface area (Å²) < 4.78 is 21.6. The van der Waals surface area contributed by atoms with Crippen molar-refractivity contribution >= 4 is 26.2 Å². The number of aromatic nitrogens is 1. The van der Waals surface area contributed by atoms with Gasteiger partial charge >= 0.3 is 11.9 Å². The minimum atomic E-state index is -2.07. The fraction of sp³-hybridized carbons (Fsp3) is 0.652. The maximum atomic E-state index is 12.7. The number of hydrogen-bond acceptors (Lipinski definition) is 9. The largest absolute Gasteiger partial charge is 0.503 e. The van der Waals surface area contributed by atoms with E-state index in [-0.39, 0.29) is 29.0 Å². The SMILES string of the molecule is COc1ccnc(C(=O)NC(COC(=O)CC(C)O[Si](C)(C)C(C)(C)C)C(=O)OC(C)C)c1O. The van der Waals surface area contributed by atoms with E-state index in [1.165, 1.54) is 19.4 Å². The molecule has 0 bridgehead atoms. The Morgan fingerprint density at radius 3 is 2.32 bits per heavy atom. The smallest absolute Gasteiger partial charge is 0.332 e. The lowest BCUT2D eigenvalue weighted by Gasteiger charge is -2.38. The Kier molecular flexibility index (Phi) is 10.5. The highest BCUT2D eigenvalue weighted by molar-refractivity contribution is 6.74. The molecule has 2 N–H and O–H groups in total. The average molecular weight is 499 g/mol. The van der Waals surface area contributed by atoms with Gasteiger partial charge in [-0.1, -0.05) is 20.8 Å². The summed E-state index contributed by atoms with van der Waals surface area (Å²) in [7, 11) is -0.740. The minimum absolute atomic E-state index is 0.00929. The summed E-state index contributed by atoms with van der Waals surface area (Å²) in [5, 5.41) is 12.6. The number of nitrogens with zero attached hydrogens (tertiary/aromatic N) is 1. The molecule has 0 aliphatic rings. The predicted molar refractivity (Wildman–Crippen MR) is 128 cm³/mol. The molecule has 0 fully saturated rings. The van der Waals surface area contributed by atoms with Crippen molar-refractivity contribution in [1.82, 2.24) is 10.3 Å². The normalized spacial score (nSPS) is 13.7. The summed E-state index contributed by atoms with van der Waals surface area (Å²) in [4.78, 5) is 41.4. The van der Waals surface area contributed by atoms with E-state index in [1.54, 1.807) is 20.8 Å². The summed E-state index contributed by atoms with van der Waals surface area (Å²) in [5.41, 5.74) is -0.343. The second-order valence-corrected chi connectivity index (χ2v) is 14.6. The molecule has 1 aromatic heterocycles. The number of rotatable bonds is 11. The maximum Gasteiger partial charge on any atom is 0.332 e. The zero-order valence-electron chi connectivity index (χ0n) is 21.6. The highest BCUT2D eigenvalue weighted by atomic mass is 28.4. The molecule has 2 atom stereocenters. The van der Waals surface area contributed by atoms with Crippen molar-refractivity contribution in [2.45, 2.75) is 84.3 Å². The summed E-state index contributed by atoms with van der Waals surface area (Å²) in [6, 6.07) is 0.0775. The first-order valence-electron chi connectivity index (χ1n) is 11.2. The molecule has 0 saturated carbocycles. The Morgan fingerprint density at radius 1 is 1.18 bits per heavy atom. The Labute approximate surface area is 202 Å². The first kappa shape index (κ1) is 29.4. The van der Waals surface area contributed by atoms with Crippen molar-refractivity contribution in [3.63, 3.8) is 0 Å². The van der Waals surface area contributed by atoms with Crippen LogP contribution in [0, 0.1) is 0 Å². The second-order valence-electron chi connectivity index (χ2n) is 9.80. The van der Waals surface area contributed by atoms with E-state index in [1.807, 2.05) is 0 Å². The molecule has 1 heterocycles. The topological polar surface area (TPSA) is 133 Å². The van der Waals surface area contributed by atoms with Crippen LogP contribution >= 0.6 is 0 Å². The fourth-order valence-corrected chi connectivity index (χ4v) is 4.11. The van der Waals surface area contributed by atoms with Gasteiger partial charge in [0.05, 0.1) is 25.7 Å². The van der Waals surface area contributed by atoms with Gasteiger partial charge in [0.25, 0.3) is 5.91 Å². The molecule has 34 heavy (non-hydrogen) atoms. The monoisotopic (exact) mass is 498 g/mol. The Morgan fingerprint density at radius 2 is 1.79 bits per heavy atom. The van der Waals surface area contributed by atoms with Gasteiger partial charge in [-0.25, -0.2) is 9.78 Å². The van der Waals surface area contributed by atoms with Gasteiger partial charge in [0, 0.05) is 12.3 Å². The third kappa shape index (κ3) is 8.60. The average Bonchev–Trinajstić information content (AvgIpc) is 2.69. The molecule has 11 heteroatoms. The van der Waals surface area contributed by atoms with E-state index in [9.17, 15) is 19.5 Å². The molecular formula is C23H38N2O8Si. The highest BCUT2D eigenvalue weighted by Crippen LogP contribution is 2.37. The molecule has 1 aromatic rings. The predicted octanol–water partition coefficient (Wildman–Crippen LogP) is 3.19. The van der Waals surface area contributed by atoms with Gasteiger partial charge in [-0.3, -0.25) is 9.59 Å². The minimum Gasteiger partial charge on any atom is -0.503 e. The highest BCUT2D eigenvalue weighted by Gasteiger charge is 2.39. The molecule has 0 saturated heterocycles. The molecule has 0 aromatic carbocycles. The van der Waals surface area contributed by atoms with E-state index in [0.717, 1.165) is 0 Å². The van der Waals surface area contributed by atoms with Crippen LogP contribution in [-0.2, 0) is 23.5 Å². The Bertz CT molecular complexity index is 867. The van der Waals surface area contributed by atoms with Crippen molar-refractivity contribution in [1.29, 1.82) is 0 Å². The number of ether oxygens (including phenoxy) is 3. The molecule has 1 rings (SSSR count). The van der Waals surface area contributed by atoms with E-state index >= 15 is 0 Å². The third-order valence-corrected chi connectivity index (χ3v) is 10.0. The number of carbonyl (C=O) groups is 3. The van der Waals surface area contributed by atoms with Crippen molar-refractivity contribution in [3.05, 3.63) is 18.0 Å². The Balaban J connectivity index is 2.86. The number of aromatic hydroxyl groups is 1. The number of nitrogens with one attached hydrogen (secondary N) is 1. The molecule has 192 valence electrons. The number of pyridine rings is 1. The van der Waals surface area contributed by atoms with Crippen LogP contribution in [-0.4, -0.2) is 68.2 Å². The third-order valence-electron chi connectivity index (χ3n) is 5.43. The maximum absolute atomic E-state index is 12.7. The summed E-state index contributed by atoms with van der Waals surface area (Å²) in [6.45, 7) is 15.1. The first-order valence-corrected chi connectivity index (χ1v) is 14.1. The van der Waals surface area contributed by atoms with Crippen LogP contribution in [0.3, 0.4) is 0 Å². The molecule has 0 aliphatic carbocycles. The van der Waals surface area contributed by atoms with Crippen LogP contribution in [0.4, 0.5) is 0 Å². The van der Waals surface area contributed by atoms with Crippen molar-refractivity contribution < 1.29 is 38.1 Å². The van der Waals surface area contributed by atoms with Crippen molar-refractivity contribution in [2.24, 2.45) is 0 Å². The molecule has 0 radical (unpaired) electrons. The standard InChI is InChI=1S/C23H38N2O8Si/c1-14(2)32-22(29)16(25-21(28)19-20(27)17(30-7)10-11-24-19)13-31-18(26)12-15(3)33-34(8,9)23(4,5)6/h10-11,14-16,27H,12-13H2,1-9H3,(H,25,28). The fourth-order valence-electron chi connectivity index (χ4n) is 2.67. The lowest BCUT2D eigenvalue weighted by molar-refractivity contribution is -0.155. The van der Waals surface area contributed by atoms with E-state index < -0.39 is 50.7 Å². The molecule has 0 spiro atoms. The van der Waals surface area contributed by atoms with Crippen LogP contribution in [0.5, 0.6) is 11.5 Å². The molecule has 10 nitrogen and oxygen atoms in total. The van der Waals surface area contributed by atoms with Crippen LogP contribution in [0.15, 0.2) is 12.3 Å². The van der Waals surface area contributed by atoms with E-state index in [0.29, 0.717) is 0 Å². The van der Waals surface area contributed by atoms with E-state index in [4.69, 9.17) is 18.6 Å². The van der Waals surface area contributed by atoms with Crippen LogP contribution in [0.2, 0.25) is 18.1 Å². The molecule has 0 aliphatic heterocycles. The lowest BCUT2D eigenvalue weighted by Crippen LogP contribution is -2.46. The van der Waals surface area contributed by atoms with Crippen LogP contribution in [0.25, 0.3) is 0 Å². The molecular weight excluding hydrogens is 460 g/mol. The second kappa shape index (κ2) is 12.2. The van der Waals surface area contributed by atoms with Crippen LogP contribution < -0.4 is 10.1 Å². The molecule has 1 amide bonds. The number of amides is 1. The van der Waals surface area contributed by atoms with Gasteiger partial charge < -0.3 is 29.1 Å². The van der Waals surface area contributed by atoms with Gasteiger partial charge in [0.1, 0.15) is 6.61 Å². The quantitative estimate of drug-likeness (QED) is 0.348. The summed E-state index contributed by atoms with van der Waals surface area (Å²) in [5.74, 6) is -2.65. The Hall–Kier alpha value is -2.66. The summed E-state index contributed by atoms with van der Waals surface area (Å²) in [6.07, 6.45) is 0.439. The van der Waals surface area contributed by atoms with Gasteiger partial charge in [0.2, 0.25) is 0 Å². The van der Waals surface area contributed by atoms with Crippen LogP contribution in [0.1, 0.15) is 58.5 Å². The van der Waals surface area contributed by atoms with Gasteiger partial charge in [-0.15, -0.1) is 0 Å². The number of hydrogen-bond donors (Lipinski definition) is 2. The zero-order chi connectivity index (χ0) is 26.3. The van der Waals surface area contributed by atoms with Crippen molar-refractivity contribution in [3.8, 4) is 11.5 Å². The zero-order valence-corrected chi connectivity index (χ0v) is 22.6. The van der Waals surface area contributed by atoms with Crippen molar-refractivity contribution in [2.75, 3.05) is 13.7 Å². The van der Waals surface area contributed by atoms with Gasteiger partial charge in [-0.2, -0.15) is 0 Å². The number of carbonyl (C=O) groups excluding carboxylic acids is 3. The van der Waals surface area contributed by atoms with Gasteiger partial charge in [-0.05, 0) is 38.9 Å². The molecule has 2 unspecified atom stereocenters. The van der Waals surface area contributed by atoms with E-state index in [2.05, 4.69) is 44.2 Å². The number of esters is 2. The number of methoxy groups -OCH3 is 1. The first-order chi connectivity index (χ1) is 15.6. The lowest BCUT2D eigenvalue weighted by atomic mass is 10.2.